The molecule has 28 heavy (non-hydrogen) atoms. The van der Waals surface area contributed by atoms with Crippen molar-refractivity contribution in [2.45, 2.75) is 19.8 Å². The Morgan fingerprint density at radius 1 is 1.18 bits per heavy atom. The number of urea groups is 1. The predicted octanol–water partition coefficient (Wildman–Crippen LogP) is -0.194. The molecule has 2 saturated heterocycles. The Balaban J connectivity index is 1.70. The van der Waals surface area contributed by atoms with Crippen molar-refractivity contribution in [3.05, 3.63) is 24.3 Å². The second-order valence-electron chi connectivity index (χ2n) is 6.81. The van der Waals surface area contributed by atoms with Crippen LogP contribution >= 0.6 is 0 Å². The lowest BCUT2D eigenvalue weighted by Crippen LogP contribution is -3.15. The van der Waals surface area contributed by atoms with Crippen LogP contribution in [0.1, 0.15) is 19.8 Å². The van der Waals surface area contributed by atoms with Crippen molar-refractivity contribution >= 4 is 29.5 Å². The monoisotopic (exact) mass is 390 g/mol. The number of benzene rings is 1. The molecule has 0 aromatic heterocycles. The van der Waals surface area contributed by atoms with Crippen LogP contribution in [0.25, 0.3) is 0 Å². The van der Waals surface area contributed by atoms with Gasteiger partial charge in [-0.25, -0.2) is 14.6 Å². The Morgan fingerprint density at radius 2 is 1.89 bits per heavy atom. The molecule has 0 saturated carbocycles. The van der Waals surface area contributed by atoms with Crippen LogP contribution in [0, 0.1) is 5.92 Å². The van der Waals surface area contributed by atoms with Gasteiger partial charge in [0.2, 0.25) is 0 Å². The van der Waals surface area contributed by atoms with Gasteiger partial charge in [-0.15, -0.1) is 0 Å². The third kappa shape index (κ3) is 3.84. The fraction of sp³-hybridized carbons (Fsp3) is 0.474. The summed E-state index contributed by atoms with van der Waals surface area (Å²) in [7, 11) is 1.51. The normalized spacial score (nSPS) is 22.6. The predicted molar refractivity (Wildman–Crippen MR) is 97.6 cm³/mol. The number of hydrogen-bond acceptors (Lipinski definition) is 6. The summed E-state index contributed by atoms with van der Waals surface area (Å²) < 4.78 is 10.1. The highest BCUT2D eigenvalue weighted by Crippen LogP contribution is 2.24. The molecule has 2 fully saturated rings. The zero-order valence-corrected chi connectivity index (χ0v) is 16.0. The van der Waals surface area contributed by atoms with Crippen LogP contribution in [0.15, 0.2) is 24.3 Å². The largest absolute Gasteiger partial charge is 0.497 e. The van der Waals surface area contributed by atoms with Crippen LogP contribution in [-0.4, -0.2) is 62.2 Å². The number of nitrogens with one attached hydrogen (secondary N) is 1. The minimum atomic E-state index is -0.881. The van der Waals surface area contributed by atoms with Crippen molar-refractivity contribution in [3.8, 4) is 5.75 Å². The summed E-state index contributed by atoms with van der Waals surface area (Å²) in [5, 5.41) is 0. The first-order valence-corrected chi connectivity index (χ1v) is 9.30. The lowest BCUT2D eigenvalue weighted by Gasteiger charge is -2.30. The van der Waals surface area contributed by atoms with Gasteiger partial charge in [-0.3, -0.25) is 14.4 Å². The van der Waals surface area contributed by atoms with Crippen molar-refractivity contribution in [3.63, 3.8) is 0 Å². The number of nitrogens with zero attached hydrogens (tertiary/aromatic N) is 2. The summed E-state index contributed by atoms with van der Waals surface area (Å²) in [6, 6.07) is 5.66. The Hall–Kier alpha value is -2.94. The molecule has 2 aliphatic rings. The number of ether oxygens (including phenoxy) is 2. The van der Waals surface area contributed by atoms with Gasteiger partial charge < -0.3 is 14.4 Å². The van der Waals surface area contributed by atoms with Crippen molar-refractivity contribution in [1.29, 1.82) is 0 Å². The average molecular weight is 390 g/mol. The van der Waals surface area contributed by atoms with Gasteiger partial charge in [0.25, 0.3) is 0 Å². The number of anilines is 1. The van der Waals surface area contributed by atoms with Crippen molar-refractivity contribution < 1.29 is 33.6 Å². The molecule has 1 aromatic rings. The smallest absolute Gasteiger partial charge is 0.343 e. The summed E-state index contributed by atoms with van der Waals surface area (Å²) in [6.45, 7) is 3.30. The first-order valence-electron chi connectivity index (χ1n) is 9.30. The van der Waals surface area contributed by atoms with Crippen LogP contribution < -0.4 is 14.5 Å². The van der Waals surface area contributed by atoms with Crippen LogP contribution in [0.4, 0.5) is 10.5 Å². The van der Waals surface area contributed by atoms with Gasteiger partial charge >= 0.3 is 23.8 Å². The standard InChI is InChI=1S/C19H23N3O6/c1-3-28-18(25)13-5-4-10-20(11-13)12-21-16(23)17(24)22(19(21)26)14-6-8-15(27-2)9-7-14/h6-9,13H,3-5,10-12H2,1-2H3/p+1/t13-/m1/s1. The number of rotatable bonds is 6. The first kappa shape index (κ1) is 19.8. The second kappa shape index (κ2) is 8.39. The zero-order valence-electron chi connectivity index (χ0n) is 16.0. The van der Waals surface area contributed by atoms with E-state index in [1.807, 2.05) is 0 Å². The average Bonchev–Trinajstić information content (AvgIpc) is 2.92. The van der Waals surface area contributed by atoms with E-state index >= 15 is 0 Å². The topological polar surface area (TPSA) is 97.7 Å². The zero-order chi connectivity index (χ0) is 20.3. The molecule has 150 valence electrons. The number of carbonyl (C=O) groups excluding carboxylic acids is 4. The molecule has 2 atom stereocenters. The fourth-order valence-corrected chi connectivity index (χ4v) is 3.58. The van der Waals surface area contributed by atoms with Crippen molar-refractivity contribution in [2.75, 3.05) is 38.4 Å². The Labute approximate surface area is 162 Å². The SMILES string of the molecule is CCOC(=O)[C@@H]1CCC[NH+](CN2C(=O)C(=O)N(c3ccc(OC)cc3)C2=O)C1. The molecule has 0 radical (unpaired) electrons. The summed E-state index contributed by atoms with van der Waals surface area (Å²) in [4.78, 5) is 52.2. The minimum absolute atomic E-state index is 0.0476. The Morgan fingerprint density at radius 3 is 2.54 bits per heavy atom. The molecule has 9 nitrogen and oxygen atoms in total. The van der Waals surface area contributed by atoms with Gasteiger partial charge in [-0.2, -0.15) is 0 Å². The molecule has 2 heterocycles. The maximum Gasteiger partial charge on any atom is 0.343 e. The van der Waals surface area contributed by atoms with Crippen molar-refractivity contribution in [2.24, 2.45) is 5.92 Å². The molecule has 1 N–H and O–H groups in total. The van der Waals surface area contributed by atoms with E-state index in [0.29, 0.717) is 31.1 Å². The molecular weight excluding hydrogens is 366 g/mol. The lowest BCUT2D eigenvalue weighted by atomic mass is 9.98. The quantitative estimate of drug-likeness (QED) is 0.411. The number of likely N-dealkylation sites (tertiary alicyclic amines) is 1. The second-order valence-corrected chi connectivity index (χ2v) is 6.81. The number of amides is 4. The molecule has 0 aliphatic carbocycles. The van der Waals surface area contributed by atoms with E-state index in [9.17, 15) is 19.2 Å². The maximum atomic E-state index is 12.7. The third-order valence-corrected chi connectivity index (χ3v) is 5.00. The number of methoxy groups -OCH3 is 1. The van der Waals surface area contributed by atoms with Gasteiger partial charge in [0.1, 0.15) is 11.7 Å². The fourth-order valence-electron chi connectivity index (χ4n) is 3.58. The van der Waals surface area contributed by atoms with E-state index in [1.54, 1.807) is 31.2 Å². The highest BCUT2D eigenvalue weighted by atomic mass is 16.5. The third-order valence-electron chi connectivity index (χ3n) is 5.00. The van der Waals surface area contributed by atoms with E-state index in [4.69, 9.17) is 9.47 Å². The summed E-state index contributed by atoms with van der Waals surface area (Å²) in [5.41, 5.74) is 0.310. The van der Waals surface area contributed by atoms with Crippen LogP contribution in [0.5, 0.6) is 5.75 Å². The van der Waals surface area contributed by atoms with Crippen molar-refractivity contribution in [1.82, 2.24) is 4.90 Å². The molecule has 2 aliphatic heterocycles. The molecular formula is C19H24N3O6+. The van der Waals surface area contributed by atoms with E-state index in [2.05, 4.69) is 0 Å². The number of piperidine rings is 1. The molecule has 3 rings (SSSR count). The highest BCUT2D eigenvalue weighted by molar-refractivity contribution is 6.52. The minimum Gasteiger partial charge on any atom is -0.497 e. The van der Waals surface area contributed by atoms with E-state index in [1.165, 1.54) is 7.11 Å². The Bertz CT molecular complexity index is 778. The first-order chi connectivity index (χ1) is 13.5. The number of imide groups is 2. The molecule has 1 aromatic carbocycles. The Kier molecular flexibility index (Phi) is 5.93. The van der Waals surface area contributed by atoms with Gasteiger partial charge in [0.05, 0.1) is 32.5 Å². The van der Waals surface area contributed by atoms with Gasteiger partial charge in [0.15, 0.2) is 6.67 Å². The van der Waals surface area contributed by atoms with Crippen LogP contribution in [0.2, 0.25) is 0 Å². The molecule has 0 bridgehead atoms. The molecule has 4 amide bonds. The summed E-state index contributed by atoms with van der Waals surface area (Å²) >= 11 is 0. The summed E-state index contributed by atoms with van der Waals surface area (Å²) in [5.74, 6) is -1.67. The molecule has 0 spiro atoms. The summed E-state index contributed by atoms with van der Waals surface area (Å²) in [6.07, 6.45) is 1.51. The number of quaternary nitrogens is 1. The number of esters is 1. The number of hydrogen-bond donors (Lipinski definition) is 1. The lowest BCUT2D eigenvalue weighted by molar-refractivity contribution is -0.914. The van der Waals surface area contributed by atoms with Gasteiger partial charge in [-0.1, -0.05) is 0 Å². The van der Waals surface area contributed by atoms with Gasteiger partial charge in [-0.05, 0) is 44.0 Å². The van der Waals surface area contributed by atoms with Crippen LogP contribution in [0.3, 0.4) is 0 Å². The van der Waals surface area contributed by atoms with E-state index in [0.717, 1.165) is 27.5 Å². The maximum absolute atomic E-state index is 12.7. The van der Waals surface area contributed by atoms with Crippen LogP contribution in [-0.2, 0) is 19.1 Å². The van der Waals surface area contributed by atoms with E-state index < -0.39 is 17.8 Å². The molecule has 9 heteroatoms. The molecule has 1 unspecified atom stereocenters. The number of carbonyl (C=O) groups is 4. The van der Waals surface area contributed by atoms with Gasteiger partial charge in [0, 0.05) is 0 Å². The van der Waals surface area contributed by atoms with E-state index in [-0.39, 0.29) is 18.6 Å². The highest BCUT2D eigenvalue weighted by Gasteiger charge is 2.47.